The third-order valence-corrected chi connectivity index (χ3v) is 1.85. The molecule has 0 aliphatic heterocycles. The predicted octanol–water partition coefficient (Wildman–Crippen LogP) is 3.35. The Labute approximate surface area is 78.1 Å². The van der Waals surface area contributed by atoms with Crippen molar-refractivity contribution in [1.29, 1.82) is 0 Å². The van der Waals surface area contributed by atoms with Gasteiger partial charge in [0.15, 0.2) is 11.0 Å². The van der Waals surface area contributed by atoms with E-state index in [1.807, 2.05) is 0 Å². The smallest absolute Gasteiger partial charge is 0.164 e. The van der Waals surface area contributed by atoms with Crippen molar-refractivity contribution < 1.29 is 4.39 Å². The average molecular weight is 214 g/mol. The summed E-state index contributed by atoms with van der Waals surface area (Å²) in [4.78, 5) is 2.75. The van der Waals surface area contributed by atoms with Crippen molar-refractivity contribution in [1.82, 2.24) is 4.98 Å². The molecule has 0 saturated heterocycles. The molecule has 5 heteroatoms. The van der Waals surface area contributed by atoms with Crippen molar-refractivity contribution in [2.24, 2.45) is 0 Å². The Balaban J connectivity index is 3.05. The molecule has 0 spiro atoms. The van der Waals surface area contributed by atoms with Crippen LogP contribution in [-0.4, -0.2) is 4.98 Å². The lowest BCUT2D eigenvalue weighted by Gasteiger charge is -2.00. The zero-order valence-corrected chi connectivity index (χ0v) is 7.46. The fraction of sp³-hybridized carbons (Fsp3) is 0.167. The molecule has 1 aromatic rings. The lowest BCUT2D eigenvalue weighted by Crippen LogP contribution is -1.88. The molecule has 0 bridgehead atoms. The Kier molecular flexibility index (Phi) is 2.93. The summed E-state index contributed by atoms with van der Waals surface area (Å²) in [6.07, 6.45) is 1.33. The quantitative estimate of drug-likeness (QED) is 0.516. The van der Waals surface area contributed by atoms with E-state index in [-0.39, 0.29) is 5.15 Å². The lowest BCUT2D eigenvalue weighted by atomic mass is 10.3. The van der Waals surface area contributed by atoms with Gasteiger partial charge in [-0.15, -0.1) is 23.2 Å². The van der Waals surface area contributed by atoms with Crippen LogP contribution in [0.1, 0.15) is 10.4 Å². The SMILES string of the molecule is Fc1cc(C(Cl)Cl)cnc1Cl. The minimum atomic E-state index is -0.769. The van der Waals surface area contributed by atoms with Crippen molar-refractivity contribution in [3.05, 3.63) is 28.8 Å². The maximum Gasteiger partial charge on any atom is 0.164 e. The molecule has 1 nitrogen and oxygen atoms in total. The van der Waals surface area contributed by atoms with Crippen molar-refractivity contribution >= 4 is 34.8 Å². The highest BCUT2D eigenvalue weighted by Crippen LogP contribution is 2.25. The van der Waals surface area contributed by atoms with Crippen molar-refractivity contribution in [3.63, 3.8) is 0 Å². The van der Waals surface area contributed by atoms with Gasteiger partial charge >= 0.3 is 0 Å². The topological polar surface area (TPSA) is 12.9 Å². The van der Waals surface area contributed by atoms with E-state index in [2.05, 4.69) is 4.98 Å². The van der Waals surface area contributed by atoms with E-state index < -0.39 is 10.7 Å². The van der Waals surface area contributed by atoms with Crippen molar-refractivity contribution in [2.75, 3.05) is 0 Å². The number of hydrogen-bond acceptors (Lipinski definition) is 1. The standard InChI is InChI=1S/C6H3Cl3FN/c7-5(8)3-1-4(10)6(9)11-2-3/h1-2,5H. The van der Waals surface area contributed by atoms with E-state index >= 15 is 0 Å². The summed E-state index contributed by atoms with van der Waals surface area (Å²) >= 11 is 16.2. The second-order valence-electron chi connectivity index (χ2n) is 1.84. The van der Waals surface area contributed by atoms with Gasteiger partial charge in [-0.2, -0.15) is 0 Å². The summed E-state index contributed by atoms with van der Waals surface area (Å²) in [5.41, 5.74) is 0.398. The highest BCUT2D eigenvalue weighted by Gasteiger charge is 2.07. The Hall–Kier alpha value is -0.0500. The molecule has 0 saturated carbocycles. The molecule has 0 aliphatic rings. The van der Waals surface area contributed by atoms with Crippen LogP contribution in [-0.2, 0) is 0 Å². The fourth-order valence-corrected chi connectivity index (χ4v) is 0.897. The zero-order valence-electron chi connectivity index (χ0n) is 5.19. The first kappa shape index (κ1) is 9.04. The third-order valence-electron chi connectivity index (χ3n) is 1.07. The van der Waals surface area contributed by atoms with Crippen LogP contribution in [0.15, 0.2) is 12.3 Å². The maximum absolute atomic E-state index is 12.6. The van der Waals surface area contributed by atoms with Gasteiger partial charge in [0, 0.05) is 11.8 Å². The van der Waals surface area contributed by atoms with Gasteiger partial charge in [-0.25, -0.2) is 9.37 Å². The van der Waals surface area contributed by atoms with Crippen LogP contribution in [0.25, 0.3) is 0 Å². The largest absolute Gasteiger partial charge is 0.241 e. The summed E-state index contributed by atoms with van der Waals surface area (Å²) in [6, 6.07) is 1.15. The van der Waals surface area contributed by atoms with Crippen LogP contribution in [0.5, 0.6) is 0 Å². The first-order chi connectivity index (χ1) is 5.11. The second-order valence-corrected chi connectivity index (χ2v) is 3.30. The molecular formula is C6H3Cl3FN. The molecule has 0 aromatic carbocycles. The molecule has 60 valence electrons. The highest BCUT2D eigenvalue weighted by molar-refractivity contribution is 6.44. The van der Waals surface area contributed by atoms with E-state index in [9.17, 15) is 4.39 Å². The van der Waals surface area contributed by atoms with Crippen LogP contribution in [0.2, 0.25) is 5.15 Å². The first-order valence-corrected chi connectivity index (χ1v) is 3.95. The Morgan fingerprint density at radius 3 is 2.55 bits per heavy atom. The molecule has 0 fully saturated rings. The molecule has 1 aromatic heterocycles. The van der Waals surface area contributed by atoms with Crippen molar-refractivity contribution in [3.8, 4) is 0 Å². The van der Waals surface area contributed by atoms with Gasteiger partial charge in [-0.1, -0.05) is 11.6 Å². The summed E-state index contributed by atoms with van der Waals surface area (Å²) in [5.74, 6) is -0.615. The lowest BCUT2D eigenvalue weighted by molar-refractivity contribution is 0.620. The molecule has 0 atom stereocenters. The number of hydrogen-bond donors (Lipinski definition) is 0. The molecule has 0 unspecified atom stereocenters. The van der Waals surface area contributed by atoms with Crippen molar-refractivity contribution in [2.45, 2.75) is 4.84 Å². The predicted molar refractivity (Wildman–Crippen MR) is 43.7 cm³/mol. The third kappa shape index (κ3) is 2.19. The number of alkyl halides is 2. The molecule has 0 aliphatic carbocycles. The summed E-state index contributed by atoms with van der Waals surface area (Å²) < 4.78 is 12.6. The van der Waals surface area contributed by atoms with E-state index in [1.165, 1.54) is 6.20 Å². The Morgan fingerprint density at radius 2 is 2.09 bits per heavy atom. The monoisotopic (exact) mass is 213 g/mol. The highest BCUT2D eigenvalue weighted by atomic mass is 35.5. The fourth-order valence-electron chi connectivity index (χ4n) is 0.555. The maximum atomic E-state index is 12.6. The van der Waals surface area contributed by atoms with Gasteiger partial charge in [-0.3, -0.25) is 0 Å². The van der Waals surface area contributed by atoms with Crippen LogP contribution < -0.4 is 0 Å². The van der Waals surface area contributed by atoms with Gasteiger partial charge in [0.1, 0.15) is 4.84 Å². The minimum Gasteiger partial charge on any atom is -0.241 e. The number of pyridine rings is 1. The van der Waals surface area contributed by atoms with Crippen LogP contribution in [0.4, 0.5) is 4.39 Å². The van der Waals surface area contributed by atoms with Gasteiger partial charge in [0.05, 0.1) is 0 Å². The minimum absolute atomic E-state index is 0.178. The summed E-state index contributed by atoms with van der Waals surface area (Å²) in [7, 11) is 0. The van der Waals surface area contributed by atoms with E-state index in [4.69, 9.17) is 34.8 Å². The molecule has 11 heavy (non-hydrogen) atoms. The number of aromatic nitrogens is 1. The number of nitrogens with zero attached hydrogens (tertiary/aromatic N) is 1. The van der Waals surface area contributed by atoms with Gasteiger partial charge < -0.3 is 0 Å². The summed E-state index contributed by atoms with van der Waals surface area (Å²) in [5, 5.41) is -0.178. The van der Waals surface area contributed by atoms with E-state index in [1.54, 1.807) is 0 Å². The molecular weight excluding hydrogens is 211 g/mol. The Morgan fingerprint density at radius 1 is 1.45 bits per heavy atom. The molecule has 0 radical (unpaired) electrons. The van der Waals surface area contributed by atoms with E-state index in [0.29, 0.717) is 5.56 Å². The van der Waals surface area contributed by atoms with E-state index in [0.717, 1.165) is 6.07 Å². The summed E-state index contributed by atoms with van der Waals surface area (Å²) in [6.45, 7) is 0. The van der Waals surface area contributed by atoms with Crippen LogP contribution in [0, 0.1) is 5.82 Å². The molecule has 1 rings (SSSR count). The van der Waals surface area contributed by atoms with Crippen LogP contribution >= 0.6 is 34.8 Å². The number of rotatable bonds is 1. The zero-order chi connectivity index (χ0) is 8.43. The normalized spacial score (nSPS) is 10.6. The molecule has 0 amide bonds. The van der Waals surface area contributed by atoms with Gasteiger partial charge in [0.2, 0.25) is 0 Å². The van der Waals surface area contributed by atoms with Gasteiger partial charge in [0.25, 0.3) is 0 Å². The number of halogens is 4. The van der Waals surface area contributed by atoms with Gasteiger partial charge in [-0.05, 0) is 6.07 Å². The first-order valence-electron chi connectivity index (χ1n) is 2.70. The second kappa shape index (κ2) is 3.57. The molecule has 0 N–H and O–H groups in total. The Bertz CT molecular complexity index is 264. The molecule has 1 heterocycles. The average Bonchev–Trinajstić information content (AvgIpc) is 1.94. The van der Waals surface area contributed by atoms with Crippen LogP contribution in [0.3, 0.4) is 0 Å².